The van der Waals surface area contributed by atoms with Gasteiger partial charge in [0.25, 0.3) is 0 Å². The highest BCUT2D eigenvalue weighted by molar-refractivity contribution is 5.69. The van der Waals surface area contributed by atoms with E-state index in [4.69, 9.17) is 9.72 Å². The lowest BCUT2D eigenvalue weighted by atomic mass is 10.1. The topological polar surface area (TPSA) is 46.8 Å². The number of aryl methyl sites for hydroxylation is 1. The first-order valence-corrected chi connectivity index (χ1v) is 8.00. The number of aliphatic hydroxyl groups is 1. The van der Waals surface area contributed by atoms with Gasteiger partial charge in [-0.15, -0.1) is 0 Å². The van der Waals surface area contributed by atoms with Crippen molar-refractivity contribution < 1.29 is 9.84 Å². The molecule has 4 nitrogen and oxygen atoms in total. The summed E-state index contributed by atoms with van der Waals surface area (Å²) in [6.45, 7) is 10.1. The molecule has 0 bridgehead atoms. The largest absolute Gasteiger partial charge is 0.489 e. The van der Waals surface area contributed by atoms with Gasteiger partial charge in [-0.05, 0) is 62.2 Å². The molecule has 24 heavy (non-hydrogen) atoms. The number of aliphatic hydroxyl groups excluding tert-OH is 1. The summed E-state index contributed by atoms with van der Waals surface area (Å²) in [7, 11) is 0. The molecule has 2 heterocycles. The van der Waals surface area contributed by atoms with Crippen LogP contribution in [0.25, 0.3) is 16.9 Å². The number of benzene rings is 1. The molecule has 3 aromatic rings. The van der Waals surface area contributed by atoms with Crippen molar-refractivity contribution in [3.8, 4) is 17.0 Å². The Kier molecular flexibility index (Phi) is 4.40. The summed E-state index contributed by atoms with van der Waals surface area (Å²) in [5.74, 6) is 0.792. The van der Waals surface area contributed by atoms with Crippen molar-refractivity contribution >= 4 is 5.65 Å². The van der Waals surface area contributed by atoms with Crippen molar-refractivity contribution in [3.05, 3.63) is 66.0 Å². The Morgan fingerprint density at radius 3 is 2.62 bits per heavy atom. The maximum absolute atomic E-state index is 10.2. The predicted molar refractivity (Wildman–Crippen MR) is 96.3 cm³/mol. The minimum atomic E-state index is -0.615. The molecule has 0 aliphatic carbocycles. The van der Waals surface area contributed by atoms with Crippen LogP contribution in [0.15, 0.2) is 54.7 Å². The highest BCUT2D eigenvalue weighted by atomic mass is 16.5. The number of hydrogen-bond donors (Lipinski definition) is 1. The molecule has 2 aromatic heterocycles. The monoisotopic (exact) mass is 322 g/mol. The van der Waals surface area contributed by atoms with Crippen LogP contribution in [0.4, 0.5) is 0 Å². The lowest BCUT2D eigenvalue weighted by Gasteiger charge is -2.09. The standard InChI is InChI=1S/C20H22N2O2/c1-13(2)12-24-17-9-7-16(8-10-17)18-19(15(4)23)22-11-5-6-14(3)20(22)21-18/h5-11,15,23H,1,12H2,2-4H3. The number of aromatic nitrogens is 2. The Hall–Kier alpha value is -2.59. The Bertz CT molecular complexity index is 877. The summed E-state index contributed by atoms with van der Waals surface area (Å²) in [6.07, 6.45) is 1.32. The van der Waals surface area contributed by atoms with Crippen LogP contribution in [0.2, 0.25) is 0 Å². The van der Waals surface area contributed by atoms with Crippen molar-refractivity contribution in [2.24, 2.45) is 0 Å². The summed E-state index contributed by atoms with van der Waals surface area (Å²) < 4.78 is 7.60. The summed E-state index contributed by atoms with van der Waals surface area (Å²) in [5.41, 5.74) is 5.47. The van der Waals surface area contributed by atoms with Crippen molar-refractivity contribution in [1.82, 2.24) is 9.38 Å². The summed E-state index contributed by atoms with van der Waals surface area (Å²) in [6, 6.07) is 11.8. The number of pyridine rings is 1. The smallest absolute Gasteiger partial charge is 0.140 e. The molecule has 0 spiro atoms. The Balaban J connectivity index is 2.04. The van der Waals surface area contributed by atoms with Crippen molar-refractivity contribution in [3.63, 3.8) is 0 Å². The van der Waals surface area contributed by atoms with Gasteiger partial charge in [0.05, 0.1) is 17.5 Å². The van der Waals surface area contributed by atoms with Gasteiger partial charge in [0.1, 0.15) is 18.0 Å². The molecule has 124 valence electrons. The molecule has 0 aliphatic heterocycles. The van der Waals surface area contributed by atoms with Gasteiger partial charge in [0.2, 0.25) is 0 Å². The van der Waals surface area contributed by atoms with Gasteiger partial charge in [-0.25, -0.2) is 4.98 Å². The fraction of sp³-hybridized carbons (Fsp3) is 0.250. The van der Waals surface area contributed by atoms with Gasteiger partial charge < -0.3 is 14.2 Å². The van der Waals surface area contributed by atoms with Crippen LogP contribution in [-0.2, 0) is 0 Å². The summed E-state index contributed by atoms with van der Waals surface area (Å²) >= 11 is 0. The van der Waals surface area contributed by atoms with E-state index in [1.807, 2.05) is 60.8 Å². The van der Waals surface area contributed by atoms with Gasteiger partial charge in [-0.1, -0.05) is 12.6 Å². The van der Waals surface area contributed by atoms with Gasteiger partial charge in [0, 0.05) is 11.8 Å². The third-order valence-electron chi connectivity index (χ3n) is 3.89. The first-order chi connectivity index (χ1) is 11.5. The quantitative estimate of drug-likeness (QED) is 0.712. The molecule has 0 fully saturated rings. The fourth-order valence-corrected chi connectivity index (χ4v) is 2.75. The zero-order valence-electron chi connectivity index (χ0n) is 14.3. The molecular formula is C20H22N2O2. The van der Waals surface area contributed by atoms with Crippen molar-refractivity contribution in [1.29, 1.82) is 0 Å². The molecule has 1 unspecified atom stereocenters. The first kappa shape index (κ1) is 16.3. The molecule has 0 saturated carbocycles. The minimum absolute atomic E-state index is 0.506. The van der Waals surface area contributed by atoms with Crippen LogP contribution in [-0.4, -0.2) is 21.1 Å². The van der Waals surface area contributed by atoms with E-state index in [1.54, 1.807) is 6.92 Å². The zero-order valence-corrected chi connectivity index (χ0v) is 14.3. The third-order valence-corrected chi connectivity index (χ3v) is 3.89. The molecule has 1 N–H and O–H groups in total. The van der Waals surface area contributed by atoms with E-state index in [0.717, 1.165) is 39.5 Å². The highest BCUT2D eigenvalue weighted by Gasteiger charge is 2.18. The summed E-state index contributed by atoms with van der Waals surface area (Å²) in [5, 5.41) is 10.2. The number of nitrogens with zero attached hydrogens (tertiary/aromatic N) is 2. The van der Waals surface area contributed by atoms with Gasteiger partial charge in [0.15, 0.2) is 0 Å². The molecule has 3 rings (SSSR count). The second kappa shape index (κ2) is 6.49. The molecular weight excluding hydrogens is 300 g/mol. The van der Waals surface area contributed by atoms with Gasteiger partial charge >= 0.3 is 0 Å². The first-order valence-electron chi connectivity index (χ1n) is 8.00. The van der Waals surface area contributed by atoms with E-state index < -0.39 is 6.10 Å². The van der Waals surface area contributed by atoms with E-state index in [9.17, 15) is 5.11 Å². The average Bonchev–Trinajstić information content (AvgIpc) is 2.94. The van der Waals surface area contributed by atoms with Crippen molar-refractivity contribution in [2.45, 2.75) is 26.9 Å². The number of ether oxygens (including phenoxy) is 1. The number of hydrogen-bond acceptors (Lipinski definition) is 3. The SMILES string of the molecule is C=C(C)COc1ccc(-c2nc3c(C)cccn3c2C(C)O)cc1. The molecule has 0 aliphatic rings. The molecule has 4 heteroatoms. The minimum Gasteiger partial charge on any atom is -0.489 e. The molecule has 0 amide bonds. The van der Waals surface area contributed by atoms with E-state index in [1.165, 1.54) is 0 Å². The number of imidazole rings is 1. The lowest BCUT2D eigenvalue weighted by molar-refractivity contribution is 0.194. The zero-order chi connectivity index (χ0) is 17.3. The number of fused-ring (bicyclic) bond motifs is 1. The normalized spacial score (nSPS) is 12.3. The van der Waals surface area contributed by atoms with E-state index in [-0.39, 0.29) is 0 Å². The second-order valence-electron chi connectivity index (χ2n) is 6.18. The molecule has 0 radical (unpaired) electrons. The van der Waals surface area contributed by atoms with E-state index >= 15 is 0 Å². The van der Waals surface area contributed by atoms with E-state index in [2.05, 4.69) is 6.58 Å². The maximum atomic E-state index is 10.2. The average molecular weight is 322 g/mol. The molecule has 0 saturated heterocycles. The second-order valence-corrected chi connectivity index (χ2v) is 6.18. The van der Waals surface area contributed by atoms with Gasteiger partial charge in [-0.2, -0.15) is 0 Å². The fourth-order valence-electron chi connectivity index (χ4n) is 2.75. The van der Waals surface area contributed by atoms with Crippen molar-refractivity contribution in [2.75, 3.05) is 6.61 Å². The molecule has 1 atom stereocenters. The van der Waals surface area contributed by atoms with Crippen LogP contribution < -0.4 is 4.74 Å². The lowest BCUT2D eigenvalue weighted by Crippen LogP contribution is -2.00. The van der Waals surface area contributed by atoms with E-state index in [0.29, 0.717) is 6.61 Å². The van der Waals surface area contributed by atoms with Gasteiger partial charge in [-0.3, -0.25) is 0 Å². The highest BCUT2D eigenvalue weighted by Crippen LogP contribution is 2.31. The Morgan fingerprint density at radius 1 is 1.29 bits per heavy atom. The van der Waals surface area contributed by atoms with Crippen LogP contribution in [0.3, 0.4) is 0 Å². The maximum Gasteiger partial charge on any atom is 0.140 e. The Morgan fingerprint density at radius 2 is 2.00 bits per heavy atom. The number of rotatable bonds is 5. The third kappa shape index (κ3) is 3.05. The molecule has 1 aromatic carbocycles. The predicted octanol–water partition coefficient (Wildman–Crippen LogP) is 4.32. The summed E-state index contributed by atoms with van der Waals surface area (Å²) in [4.78, 5) is 4.76. The Labute approximate surface area is 142 Å². The van der Waals surface area contributed by atoms with Crippen LogP contribution in [0.1, 0.15) is 31.2 Å². The van der Waals surface area contributed by atoms with Crippen LogP contribution in [0, 0.1) is 6.92 Å². The van der Waals surface area contributed by atoms with Crippen LogP contribution >= 0.6 is 0 Å². The van der Waals surface area contributed by atoms with Crippen LogP contribution in [0.5, 0.6) is 5.75 Å².